The van der Waals surface area contributed by atoms with E-state index in [1.807, 2.05) is 36.6 Å². The van der Waals surface area contributed by atoms with Crippen molar-refractivity contribution in [3.8, 4) is 11.3 Å². The SMILES string of the molecule is Cc1nc(-c2ccc(CCNC(=O)c3cccc(S(=O)(=O)NC4CC4)c3)cc2)cs1. The maximum Gasteiger partial charge on any atom is 0.251 e. The Hall–Kier alpha value is -2.55. The number of thiazole rings is 1. The Kier molecular flexibility index (Phi) is 5.99. The monoisotopic (exact) mass is 441 g/mol. The molecule has 1 fully saturated rings. The van der Waals surface area contributed by atoms with Crippen LogP contribution in [0.1, 0.15) is 33.8 Å². The van der Waals surface area contributed by atoms with Crippen LogP contribution in [0.15, 0.2) is 58.8 Å². The third-order valence-corrected chi connectivity index (χ3v) is 7.17. The second kappa shape index (κ2) is 8.67. The number of carbonyl (C=O) groups excluding carboxylic acids is 1. The van der Waals surface area contributed by atoms with Crippen molar-refractivity contribution in [2.75, 3.05) is 6.54 Å². The second-order valence-electron chi connectivity index (χ2n) is 7.38. The lowest BCUT2D eigenvalue weighted by atomic mass is 10.1. The molecule has 0 unspecified atom stereocenters. The van der Waals surface area contributed by atoms with Gasteiger partial charge in [0.1, 0.15) is 0 Å². The second-order valence-corrected chi connectivity index (χ2v) is 10.2. The third kappa shape index (κ3) is 5.13. The summed E-state index contributed by atoms with van der Waals surface area (Å²) >= 11 is 1.63. The van der Waals surface area contributed by atoms with Crippen molar-refractivity contribution >= 4 is 27.3 Å². The molecule has 30 heavy (non-hydrogen) atoms. The van der Waals surface area contributed by atoms with Gasteiger partial charge in [-0.2, -0.15) is 0 Å². The van der Waals surface area contributed by atoms with Crippen LogP contribution in [-0.4, -0.2) is 31.9 Å². The summed E-state index contributed by atoms with van der Waals surface area (Å²) < 4.78 is 27.3. The predicted molar refractivity (Wildman–Crippen MR) is 118 cm³/mol. The van der Waals surface area contributed by atoms with Gasteiger partial charge >= 0.3 is 0 Å². The predicted octanol–water partition coefficient (Wildman–Crippen LogP) is 3.53. The summed E-state index contributed by atoms with van der Waals surface area (Å²) in [6.45, 7) is 2.45. The van der Waals surface area contributed by atoms with Crippen molar-refractivity contribution in [2.45, 2.75) is 37.1 Å². The Morgan fingerprint density at radius 3 is 2.60 bits per heavy atom. The van der Waals surface area contributed by atoms with Gasteiger partial charge in [-0.3, -0.25) is 4.79 Å². The average molecular weight is 442 g/mol. The van der Waals surface area contributed by atoms with E-state index in [4.69, 9.17) is 0 Å². The minimum atomic E-state index is -3.58. The summed E-state index contributed by atoms with van der Waals surface area (Å²) in [6, 6.07) is 14.3. The molecule has 1 saturated carbocycles. The quantitative estimate of drug-likeness (QED) is 0.560. The van der Waals surface area contributed by atoms with Crippen LogP contribution in [0.4, 0.5) is 0 Å². The van der Waals surface area contributed by atoms with E-state index < -0.39 is 10.0 Å². The van der Waals surface area contributed by atoms with Crippen molar-refractivity contribution in [3.63, 3.8) is 0 Å². The van der Waals surface area contributed by atoms with E-state index in [2.05, 4.69) is 15.0 Å². The molecule has 1 amide bonds. The van der Waals surface area contributed by atoms with Gasteiger partial charge < -0.3 is 5.32 Å². The minimum absolute atomic E-state index is 0.0263. The molecule has 1 aliphatic carbocycles. The van der Waals surface area contributed by atoms with Gasteiger partial charge in [-0.15, -0.1) is 11.3 Å². The Labute approximate surface area is 180 Å². The Bertz CT molecular complexity index is 1150. The Balaban J connectivity index is 1.33. The number of amides is 1. The normalized spacial score (nSPS) is 13.9. The van der Waals surface area contributed by atoms with Gasteiger partial charge in [-0.05, 0) is 49.9 Å². The van der Waals surface area contributed by atoms with Gasteiger partial charge in [0.05, 0.1) is 15.6 Å². The molecule has 0 atom stereocenters. The standard InChI is InChI=1S/C22H23N3O3S2/c1-15-24-21(14-29-15)17-7-5-16(6-8-17)11-12-23-22(26)18-3-2-4-20(13-18)30(27,28)25-19-9-10-19/h2-8,13-14,19,25H,9-12H2,1H3,(H,23,26). The van der Waals surface area contributed by atoms with Crippen LogP contribution in [0.2, 0.25) is 0 Å². The molecule has 6 nitrogen and oxygen atoms in total. The highest BCUT2D eigenvalue weighted by Gasteiger charge is 2.28. The summed E-state index contributed by atoms with van der Waals surface area (Å²) in [6.07, 6.45) is 2.41. The number of sulfonamides is 1. The molecule has 0 bridgehead atoms. The van der Waals surface area contributed by atoms with E-state index in [9.17, 15) is 13.2 Å². The summed E-state index contributed by atoms with van der Waals surface area (Å²) in [5, 5.41) is 5.94. The maximum atomic E-state index is 12.5. The first-order chi connectivity index (χ1) is 14.4. The lowest BCUT2D eigenvalue weighted by Gasteiger charge is -2.09. The van der Waals surface area contributed by atoms with Crippen LogP contribution in [0.25, 0.3) is 11.3 Å². The highest BCUT2D eigenvalue weighted by Crippen LogP contribution is 2.23. The first-order valence-electron chi connectivity index (χ1n) is 9.83. The first kappa shape index (κ1) is 20.7. The van der Waals surface area contributed by atoms with Crippen LogP contribution in [-0.2, 0) is 16.4 Å². The zero-order valence-corrected chi connectivity index (χ0v) is 18.2. The maximum absolute atomic E-state index is 12.5. The van der Waals surface area contributed by atoms with Gasteiger partial charge in [0.2, 0.25) is 10.0 Å². The number of rotatable bonds is 8. The van der Waals surface area contributed by atoms with E-state index in [0.717, 1.165) is 34.7 Å². The fourth-order valence-electron chi connectivity index (χ4n) is 3.05. The number of nitrogens with one attached hydrogen (secondary N) is 2. The van der Waals surface area contributed by atoms with E-state index in [1.165, 1.54) is 12.1 Å². The number of benzene rings is 2. The topological polar surface area (TPSA) is 88.2 Å². The summed E-state index contributed by atoms with van der Waals surface area (Å²) in [7, 11) is -3.58. The largest absolute Gasteiger partial charge is 0.352 e. The molecular weight excluding hydrogens is 418 g/mol. The summed E-state index contributed by atoms with van der Waals surface area (Å²) in [5.74, 6) is -0.284. The molecule has 1 heterocycles. The van der Waals surface area contributed by atoms with Crippen molar-refractivity contribution < 1.29 is 13.2 Å². The average Bonchev–Trinajstić information content (AvgIpc) is 3.44. The van der Waals surface area contributed by atoms with Crippen molar-refractivity contribution in [2.24, 2.45) is 0 Å². The molecule has 0 radical (unpaired) electrons. The third-order valence-electron chi connectivity index (χ3n) is 4.87. The number of aromatic nitrogens is 1. The van der Waals surface area contributed by atoms with E-state index in [0.29, 0.717) is 18.5 Å². The number of aryl methyl sites for hydroxylation is 1. The molecule has 0 spiro atoms. The van der Waals surface area contributed by atoms with Crippen molar-refractivity contribution in [3.05, 3.63) is 70.0 Å². The minimum Gasteiger partial charge on any atom is -0.352 e. The van der Waals surface area contributed by atoms with Crippen molar-refractivity contribution in [1.82, 2.24) is 15.0 Å². The van der Waals surface area contributed by atoms with E-state index >= 15 is 0 Å². The molecule has 3 aromatic rings. The number of hydrogen-bond donors (Lipinski definition) is 2. The number of nitrogens with zero attached hydrogens (tertiary/aromatic N) is 1. The number of carbonyl (C=O) groups is 1. The lowest BCUT2D eigenvalue weighted by Crippen LogP contribution is -2.28. The van der Waals surface area contributed by atoms with Gasteiger partial charge in [0.15, 0.2) is 0 Å². The van der Waals surface area contributed by atoms with Crippen LogP contribution in [0, 0.1) is 6.92 Å². The van der Waals surface area contributed by atoms with Gasteiger partial charge in [-0.1, -0.05) is 30.3 Å². The van der Waals surface area contributed by atoms with Gasteiger partial charge in [0.25, 0.3) is 5.91 Å². The molecule has 2 N–H and O–H groups in total. The molecule has 156 valence electrons. The zero-order valence-electron chi connectivity index (χ0n) is 16.6. The fraction of sp³-hybridized carbons (Fsp3) is 0.273. The van der Waals surface area contributed by atoms with E-state index in [-0.39, 0.29) is 16.8 Å². The van der Waals surface area contributed by atoms with Gasteiger partial charge in [0, 0.05) is 29.1 Å². The summed E-state index contributed by atoms with van der Waals surface area (Å²) in [5.41, 5.74) is 3.49. The zero-order chi connectivity index (χ0) is 21.1. The van der Waals surface area contributed by atoms with Crippen LogP contribution >= 0.6 is 11.3 Å². The van der Waals surface area contributed by atoms with E-state index in [1.54, 1.807) is 23.5 Å². The highest BCUT2D eigenvalue weighted by molar-refractivity contribution is 7.89. The smallest absolute Gasteiger partial charge is 0.251 e. The lowest BCUT2D eigenvalue weighted by molar-refractivity contribution is 0.0954. The molecular formula is C22H23N3O3S2. The number of hydrogen-bond acceptors (Lipinski definition) is 5. The molecule has 1 aliphatic rings. The molecule has 8 heteroatoms. The molecule has 2 aromatic carbocycles. The van der Waals surface area contributed by atoms with Crippen LogP contribution in [0.5, 0.6) is 0 Å². The molecule has 0 saturated heterocycles. The molecule has 0 aliphatic heterocycles. The molecule has 4 rings (SSSR count). The fourth-order valence-corrected chi connectivity index (χ4v) is 5.03. The molecule has 1 aromatic heterocycles. The van der Waals surface area contributed by atoms with Gasteiger partial charge in [-0.25, -0.2) is 18.1 Å². The Morgan fingerprint density at radius 2 is 1.93 bits per heavy atom. The van der Waals surface area contributed by atoms with Crippen LogP contribution < -0.4 is 10.0 Å². The highest BCUT2D eigenvalue weighted by atomic mass is 32.2. The summed E-state index contributed by atoms with van der Waals surface area (Å²) in [4.78, 5) is 17.1. The van der Waals surface area contributed by atoms with Crippen molar-refractivity contribution in [1.29, 1.82) is 0 Å². The first-order valence-corrected chi connectivity index (χ1v) is 12.2. The Morgan fingerprint density at radius 1 is 1.17 bits per heavy atom. The van der Waals surface area contributed by atoms with Crippen LogP contribution in [0.3, 0.4) is 0 Å².